The van der Waals surface area contributed by atoms with Gasteiger partial charge in [-0.2, -0.15) is 0 Å². The van der Waals surface area contributed by atoms with Gasteiger partial charge in [-0.3, -0.25) is 9.59 Å². The number of hydrogen-bond donors (Lipinski definition) is 2. The highest BCUT2D eigenvalue weighted by Gasteiger charge is 2.38. The summed E-state index contributed by atoms with van der Waals surface area (Å²) in [6, 6.07) is 10.4. The molecule has 5 atom stereocenters. The first-order valence-electron chi connectivity index (χ1n) is 14.2. The van der Waals surface area contributed by atoms with Crippen molar-refractivity contribution in [3.63, 3.8) is 0 Å². The molecule has 2 aliphatic rings. The zero-order chi connectivity index (χ0) is 29.2. The lowest BCUT2D eigenvalue weighted by molar-refractivity contribution is -0.199. The van der Waals surface area contributed by atoms with Crippen molar-refractivity contribution in [3.05, 3.63) is 48.3 Å². The minimum atomic E-state index is -1.31. The largest absolute Gasteiger partial charge is 0.493 e. The summed E-state index contributed by atoms with van der Waals surface area (Å²) in [4.78, 5) is 28.7. The number of rotatable bonds is 10. The van der Waals surface area contributed by atoms with Crippen LogP contribution in [0.15, 0.2) is 42.6 Å². The van der Waals surface area contributed by atoms with E-state index in [9.17, 15) is 14.7 Å². The zero-order valence-electron chi connectivity index (χ0n) is 23.8. The SMILES string of the molecule is COc1ccnc(C(=O)N[C@H]2CCC[C@H](Oc3ccccc3)[C@@H](OC3CCCC3)[C@H](C)OC2O)c1OCOC(C)=O. The van der Waals surface area contributed by atoms with Crippen molar-refractivity contribution in [1.29, 1.82) is 0 Å². The molecule has 1 aliphatic heterocycles. The minimum absolute atomic E-state index is 0.0157. The van der Waals surface area contributed by atoms with Crippen molar-refractivity contribution in [2.75, 3.05) is 13.9 Å². The number of methoxy groups -OCH3 is 1. The highest BCUT2D eigenvalue weighted by molar-refractivity contribution is 5.96. The molecule has 1 aliphatic carbocycles. The van der Waals surface area contributed by atoms with Crippen LogP contribution < -0.4 is 19.5 Å². The molecule has 1 saturated carbocycles. The molecule has 0 spiro atoms. The molecule has 0 radical (unpaired) electrons. The highest BCUT2D eigenvalue weighted by Crippen LogP contribution is 2.31. The van der Waals surface area contributed by atoms with Crippen LogP contribution in [0.4, 0.5) is 0 Å². The van der Waals surface area contributed by atoms with Gasteiger partial charge in [0.15, 0.2) is 23.5 Å². The first-order chi connectivity index (χ1) is 19.9. The van der Waals surface area contributed by atoms with Crippen molar-refractivity contribution in [1.82, 2.24) is 10.3 Å². The Kier molecular flexibility index (Phi) is 11.2. The number of ether oxygens (including phenoxy) is 6. The number of aliphatic hydroxyl groups excluding tert-OH is 1. The van der Waals surface area contributed by atoms with Crippen LogP contribution in [0.5, 0.6) is 17.2 Å². The molecule has 2 aromatic rings. The van der Waals surface area contributed by atoms with Gasteiger partial charge in [-0.1, -0.05) is 31.0 Å². The first-order valence-corrected chi connectivity index (χ1v) is 14.2. The Hall–Kier alpha value is -3.41. The number of hydrogen-bond acceptors (Lipinski definition) is 10. The summed E-state index contributed by atoms with van der Waals surface area (Å²) in [5.41, 5.74) is -0.0793. The van der Waals surface area contributed by atoms with Gasteiger partial charge < -0.3 is 38.8 Å². The number of aliphatic hydroxyl groups is 1. The fraction of sp³-hybridized carbons (Fsp3) is 0.567. The average Bonchev–Trinajstić information content (AvgIpc) is 3.49. The second-order valence-electron chi connectivity index (χ2n) is 10.3. The second-order valence-corrected chi connectivity index (χ2v) is 10.3. The summed E-state index contributed by atoms with van der Waals surface area (Å²) >= 11 is 0. The third-order valence-corrected chi connectivity index (χ3v) is 7.30. The van der Waals surface area contributed by atoms with Gasteiger partial charge in [0.1, 0.15) is 18.0 Å². The first kappa shape index (κ1) is 30.5. The van der Waals surface area contributed by atoms with Crippen LogP contribution in [-0.2, 0) is 19.0 Å². The molecule has 1 aromatic heterocycles. The Bertz CT molecular complexity index is 1130. The van der Waals surface area contributed by atoms with Crippen LogP contribution in [0.1, 0.15) is 69.3 Å². The number of pyridine rings is 1. The number of esters is 1. The van der Waals surface area contributed by atoms with Gasteiger partial charge in [-0.05, 0) is 51.2 Å². The van der Waals surface area contributed by atoms with E-state index in [1.807, 2.05) is 37.3 Å². The molecule has 1 unspecified atom stereocenters. The molecule has 11 nitrogen and oxygen atoms in total. The fourth-order valence-corrected chi connectivity index (χ4v) is 5.23. The van der Waals surface area contributed by atoms with Crippen LogP contribution >= 0.6 is 0 Å². The topological polar surface area (TPSA) is 135 Å². The van der Waals surface area contributed by atoms with Gasteiger partial charge in [0.05, 0.1) is 25.4 Å². The van der Waals surface area contributed by atoms with E-state index < -0.39 is 43.2 Å². The number of aromatic nitrogens is 1. The molecular formula is C30H40N2O9. The van der Waals surface area contributed by atoms with Crippen molar-refractivity contribution in [2.24, 2.45) is 0 Å². The molecule has 11 heteroatoms. The van der Waals surface area contributed by atoms with Crippen molar-refractivity contribution < 1.29 is 43.1 Å². The van der Waals surface area contributed by atoms with Gasteiger partial charge in [-0.15, -0.1) is 0 Å². The molecule has 2 N–H and O–H groups in total. The monoisotopic (exact) mass is 572 g/mol. The predicted molar refractivity (Wildman–Crippen MR) is 148 cm³/mol. The number of carbonyl (C=O) groups excluding carboxylic acids is 2. The normalized spacial score (nSPS) is 25.3. The van der Waals surface area contributed by atoms with Gasteiger partial charge in [0, 0.05) is 19.2 Å². The molecule has 2 heterocycles. The molecular weight excluding hydrogens is 532 g/mol. The van der Waals surface area contributed by atoms with Crippen molar-refractivity contribution in [3.8, 4) is 17.2 Å². The smallest absolute Gasteiger partial charge is 0.305 e. The Balaban J connectivity index is 1.50. The van der Waals surface area contributed by atoms with Gasteiger partial charge in [0.2, 0.25) is 6.79 Å². The number of benzene rings is 1. The van der Waals surface area contributed by atoms with Gasteiger partial charge in [0.25, 0.3) is 5.91 Å². The van der Waals surface area contributed by atoms with Gasteiger partial charge >= 0.3 is 5.97 Å². The Morgan fingerprint density at radius 3 is 2.54 bits per heavy atom. The number of nitrogens with one attached hydrogen (secondary N) is 1. The van der Waals surface area contributed by atoms with E-state index in [2.05, 4.69) is 10.3 Å². The molecule has 0 bridgehead atoms. The van der Waals surface area contributed by atoms with E-state index in [4.69, 9.17) is 28.4 Å². The molecule has 4 rings (SSSR count). The van der Waals surface area contributed by atoms with Crippen LogP contribution in [0.3, 0.4) is 0 Å². The number of carbonyl (C=O) groups is 2. The van der Waals surface area contributed by atoms with E-state index in [0.29, 0.717) is 19.3 Å². The predicted octanol–water partition coefficient (Wildman–Crippen LogP) is 3.77. The zero-order valence-corrected chi connectivity index (χ0v) is 23.8. The third-order valence-electron chi connectivity index (χ3n) is 7.30. The van der Waals surface area contributed by atoms with Crippen LogP contribution in [-0.4, -0.2) is 72.6 Å². The van der Waals surface area contributed by atoms with Crippen LogP contribution in [0.25, 0.3) is 0 Å². The Morgan fingerprint density at radius 1 is 1.07 bits per heavy atom. The van der Waals surface area contributed by atoms with Crippen molar-refractivity contribution in [2.45, 2.75) is 95.5 Å². The summed E-state index contributed by atoms with van der Waals surface area (Å²) in [5, 5.41) is 14.0. The van der Waals surface area contributed by atoms with E-state index in [1.54, 1.807) is 0 Å². The molecule has 41 heavy (non-hydrogen) atoms. The van der Waals surface area contributed by atoms with E-state index in [1.165, 1.54) is 26.3 Å². The lowest BCUT2D eigenvalue weighted by Crippen LogP contribution is -2.49. The maximum absolute atomic E-state index is 13.4. The number of amides is 1. The number of nitrogens with zero attached hydrogens (tertiary/aromatic N) is 1. The van der Waals surface area contributed by atoms with E-state index >= 15 is 0 Å². The van der Waals surface area contributed by atoms with E-state index in [0.717, 1.165) is 31.4 Å². The van der Waals surface area contributed by atoms with Gasteiger partial charge in [-0.25, -0.2) is 4.98 Å². The third kappa shape index (κ3) is 8.54. The van der Waals surface area contributed by atoms with Crippen LogP contribution in [0, 0.1) is 0 Å². The molecule has 1 aromatic carbocycles. The Morgan fingerprint density at radius 2 is 1.83 bits per heavy atom. The summed E-state index contributed by atoms with van der Waals surface area (Å²) in [5.74, 6) is -0.146. The van der Waals surface area contributed by atoms with Crippen LogP contribution in [0.2, 0.25) is 0 Å². The standard InChI is InChI=1S/C30H40N2O9/c1-19-27(41-22-12-7-8-13-22)25(40-21-10-5-4-6-11-21)15-9-14-23(30(35)39-19)32-29(34)26-28(38-18-37-20(2)33)24(36-3)16-17-31-26/h4-6,10-11,16-17,19,22-23,25,27,30,35H,7-9,12-15,18H2,1-3H3,(H,32,34)/t19-,23-,25-,27-,30?/m0/s1. The maximum atomic E-state index is 13.4. The van der Waals surface area contributed by atoms with Crippen molar-refractivity contribution >= 4 is 11.9 Å². The summed E-state index contributed by atoms with van der Waals surface area (Å²) in [6.07, 6.45) is 4.86. The summed E-state index contributed by atoms with van der Waals surface area (Å²) < 4.78 is 34.7. The summed E-state index contributed by atoms with van der Waals surface area (Å²) in [7, 11) is 1.42. The summed E-state index contributed by atoms with van der Waals surface area (Å²) in [6.45, 7) is 2.68. The minimum Gasteiger partial charge on any atom is -0.493 e. The number of para-hydroxylation sites is 1. The lowest BCUT2D eigenvalue weighted by Gasteiger charge is -2.34. The second kappa shape index (κ2) is 15.0. The molecule has 224 valence electrons. The molecule has 1 saturated heterocycles. The van der Waals surface area contributed by atoms with E-state index in [-0.39, 0.29) is 29.4 Å². The average molecular weight is 573 g/mol. The molecule has 2 fully saturated rings. The fourth-order valence-electron chi connectivity index (χ4n) is 5.23. The lowest BCUT2D eigenvalue weighted by atomic mass is 10.0. The quantitative estimate of drug-likeness (QED) is 0.320. The Labute approximate surface area is 240 Å². The highest BCUT2D eigenvalue weighted by atomic mass is 16.7. The molecule has 1 amide bonds. The maximum Gasteiger partial charge on any atom is 0.305 e.